The number of nitrogen functional groups attached to an aromatic ring is 2. The van der Waals surface area contributed by atoms with Gasteiger partial charge in [0.15, 0.2) is 0 Å². The second kappa shape index (κ2) is 6.74. The topological polar surface area (TPSA) is 91.9 Å². The minimum Gasteiger partial charge on any atom is -0.395 e. The lowest BCUT2D eigenvalue weighted by atomic mass is 9.98. The maximum atomic E-state index is 13.0. The van der Waals surface area contributed by atoms with Gasteiger partial charge in [0.2, 0.25) is 0 Å². The van der Waals surface area contributed by atoms with Crippen molar-refractivity contribution < 1.29 is 0 Å². The first-order valence-corrected chi connectivity index (χ1v) is 8.94. The number of rotatable bonds is 3. The molecule has 28 heavy (non-hydrogen) atoms. The van der Waals surface area contributed by atoms with Crippen LogP contribution in [0.2, 0.25) is 0 Å². The smallest absolute Gasteiger partial charge is 0.337 e. The Morgan fingerprint density at radius 3 is 2.32 bits per heavy atom. The summed E-state index contributed by atoms with van der Waals surface area (Å²) in [5.74, 6) is 0.296. The molecule has 0 amide bonds. The van der Waals surface area contributed by atoms with E-state index >= 15 is 0 Å². The van der Waals surface area contributed by atoms with Crippen molar-refractivity contribution in [3.63, 3.8) is 0 Å². The molecule has 0 atom stereocenters. The highest BCUT2D eigenvalue weighted by atomic mass is 16.1. The first-order chi connectivity index (χ1) is 13.5. The van der Waals surface area contributed by atoms with Crippen LogP contribution >= 0.6 is 0 Å². The quantitative estimate of drug-likeness (QED) is 0.577. The minimum atomic E-state index is -0.133. The zero-order chi connectivity index (χ0) is 19.8. The van der Waals surface area contributed by atoms with Gasteiger partial charge in [0, 0.05) is 24.2 Å². The Hall–Kier alpha value is -3.80. The van der Waals surface area contributed by atoms with Gasteiger partial charge in [-0.25, -0.2) is 9.78 Å². The van der Waals surface area contributed by atoms with Gasteiger partial charge in [0.25, 0.3) is 0 Å². The van der Waals surface area contributed by atoms with Crippen molar-refractivity contribution in [2.45, 2.75) is 13.8 Å². The molecule has 4 rings (SSSR count). The first-order valence-electron chi connectivity index (χ1n) is 8.94. The molecule has 4 aromatic rings. The fourth-order valence-corrected chi connectivity index (χ4v) is 3.36. The molecule has 0 saturated heterocycles. The van der Waals surface area contributed by atoms with Gasteiger partial charge in [-0.15, -0.1) is 0 Å². The monoisotopic (exact) mass is 371 g/mol. The van der Waals surface area contributed by atoms with E-state index in [1.807, 2.05) is 62.4 Å². The standard InChI is InChI=1S/C22H21N5O/c1-14-6-8-16(9-7-14)26-12-13-27(22(26)28)19-5-3-4-17(15(19)2)18-10-11-25-21(24)20(18)23/h3-13H,23H2,1-2H3,(H2,24,25). The summed E-state index contributed by atoms with van der Waals surface area (Å²) in [7, 11) is 0. The third kappa shape index (κ3) is 2.85. The van der Waals surface area contributed by atoms with Gasteiger partial charge in [0.05, 0.1) is 17.1 Å². The van der Waals surface area contributed by atoms with Crippen LogP contribution in [0.4, 0.5) is 11.5 Å². The van der Waals surface area contributed by atoms with Gasteiger partial charge in [0.1, 0.15) is 5.82 Å². The van der Waals surface area contributed by atoms with Crippen LogP contribution in [-0.4, -0.2) is 14.1 Å². The molecular weight excluding hydrogens is 350 g/mol. The predicted octanol–water partition coefficient (Wildman–Crippen LogP) is 3.47. The fourth-order valence-electron chi connectivity index (χ4n) is 3.36. The zero-order valence-corrected chi connectivity index (χ0v) is 15.8. The molecule has 0 bridgehead atoms. The third-order valence-electron chi connectivity index (χ3n) is 4.96. The van der Waals surface area contributed by atoms with Crippen LogP contribution in [0.15, 0.2) is 71.9 Å². The average molecular weight is 371 g/mol. The Balaban J connectivity index is 1.85. The Morgan fingerprint density at radius 2 is 1.57 bits per heavy atom. The van der Waals surface area contributed by atoms with Crippen LogP contribution in [0, 0.1) is 13.8 Å². The van der Waals surface area contributed by atoms with E-state index in [1.54, 1.807) is 27.7 Å². The van der Waals surface area contributed by atoms with E-state index in [4.69, 9.17) is 11.5 Å². The van der Waals surface area contributed by atoms with Crippen LogP contribution in [0.1, 0.15) is 11.1 Å². The molecule has 2 aromatic carbocycles. The van der Waals surface area contributed by atoms with Gasteiger partial charge in [-0.1, -0.05) is 29.8 Å². The number of nitrogens with zero attached hydrogens (tertiary/aromatic N) is 3. The Labute approximate surface area is 162 Å². The summed E-state index contributed by atoms with van der Waals surface area (Å²) in [5, 5.41) is 0. The van der Waals surface area contributed by atoms with Crippen molar-refractivity contribution in [3.8, 4) is 22.5 Å². The number of nitrogens with two attached hydrogens (primary N) is 2. The predicted molar refractivity (Wildman–Crippen MR) is 113 cm³/mol. The molecule has 2 aromatic heterocycles. The van der Waals surface area contributed by atoms with Crippen molar-refractivity contribution in [3.05, 3.63) is 88.7 Å². The minimum absolute atomic E-state index is 0.133. The van der Waals surface area contributed by atoms with Gasteiger partial charge < -0.3 is 11.5 Å². The van der Waals surface area contributed by atoms with Crippen molar-refractivity contribution in [1.29, 1.82) is 0 Å². The fraction of sp³-hybridized carbons (Fsp3) is 0.0909. The molecule has 0 radical (unpaired) electrons. The van der Waals surface area contributed by atoms with E-state index < -0.39 is 0 Å². The summed E-state index contributed by atoms with van der Waals surface area (Å²) in [6, 6.07) is 15.5. The number of aromatic nitrogens is 3. The van der Waals surface area contributed by atoms with Crippen molar-refractivity contribution >= 4 is 11.5 Å². The number of benzene rings is 2. The molecular formula is C22H21N5O. The van der Waals surface area contributed by atoms with Crippen LogP contribution < -0.4 is 17.2 Å². The lowest BCUT2D eigenvalue weighted by Crippen LogP contribution is -2.22. The molecule has 0 unspecified atom stereocenters. The normalized spacial score (nSPS) is 10.9. The summed E-state index contributed by atoms with van der Waals surface area (Å²) in [6.45, 7) is 3.99. The highest BCUT2D eigenvalue weighted by Crippen LogP contribution is 2.33. The summed E-state index contributed by atoms with van der Waals surface area (Å²) in [6.07, 6.45) is 5.18. The van der Waals surface area contributed by atoms with E-state index in [9.17, 15) is 4.79 Å². The van der Waals surface area contributed by atoms with Crippen LogP contribution in [0.3, 0.4) is 0 Å². The highest BCUT2D eigenvalue weighted by Gasteiger charge is 2.14. The average Bonchev–Trinajstić information content (AvgIpc) is 3.06. The number of anilines is 2. The maximum absolute atomic E-state index is 13.0. The Morgan fingerprint density at radius 1 is 0.857 bits per heavy atom. The SMILES string of the molecule is Cc1ccc(-n2ccn(-c3cccc(-c4ccnc(N)c4N)c3C)c2=O)cc1. The second-order valence-corrected chi connectivity index (χ2v) is 6.76. The molecule has 6 heteroatoms. The number of imidazole rings is 1. The molecule has 0 fully saturated rings. The van der Waals surface area contributed by atoms with E-state index in [0.29, 0.717) is 11.5 Å². The molecule has 0 aliphatic heterocycles. The largest absolute Gasteiger partial charge is 0.395 e. The molecule has 0 aliphatic carbocycles. The molecule has 0 aliphatic rings. The van der Waals surface area contributed by atoms with Gasteiger partial charge in [-0.3, -0.25) is 9.13 Å². The maximum Gasteiger partial charge on any atom is 0.337 e. The van der Waals surface area contributed by atoms with Crippen molar-refractivity contribution in [2.24, 2.45) is 0 Å². The lowest BCUT2D eigenvalue weighted by Gasteiger charge is -2.14. The summed E-state index contributed by atoms with van der Waals surface area (Å²) in [5.41, 5.74) is 17.7. The van der Waals surface area contributed by atoms with Gasteiger partial charge in [-0.05, 0) is 49.2 Å². The summed E-state index contributed by atoms with van der Waals surface area (Å²) in [4.78, 5) is 17.1. The number of hydrogen-bond donors (Lipinski definition) is 2. The van der Waals surface area contributed by atoms with E-state index in [2.05, 4.69) is 4.98 Å². The molecule has 0 saturated carbocycles. The molecule has 2 heterocycles. The highest BCUT2D eigenvalue weighted by molar-refractivity contribution is 5.85. The van der Waals surface area contributed by atoms with Crippen LogP contribution in [0.25, 0.3) is 22.5 Å². The lowest BCUT2D eigenvalue weighted by molar-refractivity contribution is 0.903. The zero-order valence-electron chi connectivity index (χ0n) is 15.8. The number of hydrogen-bond acceptors (Lipinski definition) is 4. The van der Waals surface area contributed by atoms with Gasteiger partial charge in [-0.2, -0.15) is 0 Å². The second-order valence-electron chi connectivity index (χ2n) is 6.76. The van der Waals surface area contributed by atoms with Crippen LogP contribution in [-0.2, 0) is 0 Å². The van der Waals surface area contributed by atoms with Crippen molar-refractivity contribution in [2.75, 3.05) is 11.5 Å². The van der Waals surface area contributed by atoms with Crippen molar-refractivity contribution in [1.82, 2.24) is 14.1 Å². The Kier molecular flexibility index (Phi) is 4.24. The molecule has 140 valence electrons. The van der Waals surface area contributed by atoms with E-state index in [0.717, 1.165) is 33.6 Å². The van der Waals surface area contributed by atoms with E-state index in [-0.39, 0.29) is 5.69 Å². The molecule has 6 nitrogen and oxygen atoms in total. The van der Waals surface area contributed by atoms with E-state index in [1.165, 1.54) is 0 Å². The number of aryl methyl sites for hydroxylation is 1. The van der Waals surface area contributed by atoms with Crippen LogP contribution in [0.5, 0.6) is 0 Å². The summed E-state index contributed by atoms with van der Waals surface area (Å²) < 4.78 is 3.27. The summed E-state index contributed by atoms with van der Waals surface area (Å²) >= 11 is 0. The Bertz CT molecular complexity index is 1220. The van der Waals surface area contributed by atoms with Gasteiger partial charge >= 0.3 is 5.69 Å². The molecule has 0 spiro atoms. The first kappa shape index (κ1) is 17.6. The molecule has 4 N–H and O–H groups in total. The number of pyridine rings is 1. The third-order valence-corrected chi connectivity index (χ3v) is 4.96.